The van der Waals surface area contributed by atoms with E-state index in [-0.39, 0.29) is 5.75 Å². The highest BCUT2D eigenvalue weighted by Crippen LogP contribution is 2.24. The van der Waals surface area contributed by atoms with Gasteiger partial charge in [-0.05, 0) is 37.4 Å². The average molecular weight is 273 g/mol. The predicted octanol–water partition coefficient (Wildman–Crippen LogP) is 1.35. The van der Waals surface area contributed by atoms with Crippen LogP contribution in [0.5, 0.6) is 5.75 Å². The molecule has 1 aliphatic heterocycles. The van der Waals surface area contributed by atoms with Gasteiger partial charge in [0, 0.05) is 18.7 Å². The molecule has 1 aromatic carbocycles. The van der Waals surface area contributed by atoms with Crippen molar-refractivity contribution in [2.45, 2.75) is 12.8 Å². The van der Waals surface area contributed by atoms with E-state index < -0.39 is 0 Å². The van der Waals surface area contributed by atoms with Gasteiger partial charge >= 0.3 is 0 Å². The first-order valence-corrected chi connectivity index (χ1v) is 6.93. The van der Waals surface area contributed by atoms with Crippen molar-refractivity contribution < 1.29 is 5.11 Å². The lowest BCUT2D eigenvalue weighted by molar-refractivity contribution is 0.420. The number of nitrogens with one attached hydrogen (secondary N) is 1. The predicted molar refractivity (Wildman–Crippen MR) is 77.5 cm³/mol. The smallest absolute Gasteiger partial charge is 0.245 e. The highest BCUT2D eigenvalue weighted by molar-refractivity contribution is 5.58. The van der Waals surface area contributed by atoms with Crippen LogP contribution in [0.25, 0.3) is 11.4 Å². The molecule has 6 heteroatoms. The van der Waals surface area contributed by atoms with E-state index in [0.717, 1.165) is 25.1 Å². The van der Waals surface area contributed by atoms with E-state index in [9.17, 15) is 5.11 Å². The first-order valence-electron chi connectivity index (χ1n) is 6.93. The highest BCUT2D eigenvalue weighted by atomic mass is 16.3. The Balaban J connectivity index is 1.80. The molecule has 0 spiro atoms. The normalized spacial score (nSPS) is 19.2. The number of aromatic nitrogens is 3. The Bertz CT molecular complexity index is 582. The third kappa shape index (κ3) is 2.60. The Morgan fingerprint density at radius 3 is 3.15 bits per heavy atom. The van der Waals surface area contributed by atoms with Crippen LogP contribution in [0.15, 0.2) is 24.3 Å². The quantitative estimate of drug-likeness (QED) is 0.785. The van der Waals surface area contributed by atoms with Crippen molar-refractivity contribution in [3.05, 3.63) is 24.3 Å². The van der Waals surface area contributed by atoms with E-state index in [4.69, 9.17) is 5.73 Å². The number of phenolic OH excluding ortho intramolecular Hbond substituents is 1. The number of benzene rings is 1. The monoisotopic (exact) mass is 273 g/mol. The van der Waals surface area contributed by atoms with Crippen molar-refractivity contribution in [1.82, 2.24) is 15.2 Å². The summed E-state index contributed by atoms with van der Waals surface area (Å²) in [7, 11) is 0. The largest absolute Gasteiger partial charge is 0.508 e. The van der Waals surface area contributed by atoms with Crippen LogP contribution in [0, 0.1) is 5.92 Å². The van der Waals surface area contributed by atoms with Gasteiger partial charge in [0.25, 0.3) is 0 Å². The van der Waals surface area contributed by atoms with Crippen LogP contribution >= 0.6 is 0 Å². The fraction of sp³-hybridized carbons (Fsp3) is 0.429. The molecular formula is C14H19N5O. The third-order valence-corrected chi connectivity index (χ3v) is 3.73. The van der Waals surface area contributed by atoms with Crippen LogP contribution in [0.1, 0.15) is 12.8 Å². The molecule has 3 rings (SSSR count). The summed E-state index contributed by atoms with van der Waals surface area (Å²) in [6, 6.07) is 6.99. The zero-order valence-electron chi connectivity index (χ0n) is 11.3. The van der Waals surface area contributed by atoms with Crippen LogP contribution in [-0.4, -0.2) is 39.9 Å². The molecule has 106 valence electrons. The second kappa shape index (κ2) is 5.50. The van der Waals surface area contributed by atoms with Crippen molar-refractivity contribution in [2.24, 2.45) is 11.7 Å². The number of aromatic hydroxyl groups is 1. The maximum Gasteiger partial charge on any atom is 0.245 e. The van der Waals surface area contributed by atoms with Gasteiger partial charge in [-0.3, -0.25) is 5.10 Å². The minimum atomic E-state index is 0.224. The maximum absolute atomic E-state index is 9.51. The second-order valence-corrected chi connectivity index (χ2v) is 5.22. The fourth-order valence-corrected chi connectivity index (χ4v) is 2.62. The molecule has 20 heavy (non-hydrogen) atoms. The van der Waals surface area contributed by atoms with Crippen LogP contribution in [0.3, 0.4) is 0 Å². The number of hydrogen-bond donors (Lipinski definition) is 3. The lowest BCUT2D eigenvalue weighted by Crippen LogP contribution is -2.38. The molecule has 0 bridgehead atoms. The van der Waals surface area contributed by atoms with E-state index in [2.05, 4.69) is 20.1 Å². The number of rotatable bonds is 3. The molecule has 1 aliphatic rings. The molecule has 0 amide bonds. The number of anilines is 1. The Hall–Kier alpha value is -2.08. The molecule has 2 aromatic rings. The highest BCUT2D eigenvalue weighted by Gasteiger charge is 2.21. The van der Waals surface area contributed by atoms with E-state index in [1.807, 2.05) is 6.07 Å². The summed E-state index contributed by atoms with van der Waals surface area (Å²) in [5, 5.41) is 16.7. The van der Waals surface area contributed by atoms with Gasteiger partial charge in [0.05, 0.1) is 0 Å². The lowest BCUT2D eigenvalue weighted by Gasteiger charge is -2.31. The number of nitrogens with zero attached hydrogens (tertiary/aromatic N) is 3. The van der Waals surface area contributed by atoms with Crippen molar-refractivity contribution >= 4 is 5.95 Å². The average Bonchev–Trinajstić information content (AvgIpc) is 2.97. The van der Waals surface area contributed by atoms with Crippen molar-refractivity contribution in [2.75, 3.05) is 24.5 Å². The molecule has 0 radical (unpaired) electrons. The van der Waals surface area contributed by atoms with Gasteiger partial charge in [0.15, 0.2) is 5.82 Å². The van der Waals surface area contributed by atoms with Gasteiger partial charge in [0.1, 0.15) is 5.75 Å². The number of piperidine rings is 1. The van der Waals surface area contributed by atoms with Crippen molar-refractivity contribution in [3.63, 3.8) is 0 Å². The van der Waals surface area contributed by atoms with E-state index in [1.54, 1.807) is 18.2 Å². The van der Waals surface area contributed by atoms with Crippen LogP contribution in [0.4, 0.5) is 5.95 Å². The number of hydrogen-bond acceptors (Lipinski definition) is 5. The minimum Gasteiger partial charge on any atom is -0.508 e. The van der Waals surface area contributed by atoms with Gasteiger partial charge < -0.3 is 15.7 Å². The topological polar surface area (TPSA) is 91.1 Å². The van der Waals surface area contributed by atoms with Gasteiger partial charge in [-0.25, -0.2) is 0 Å². The SMILES string of the molecule is NCC1CCCN(c2n[nH]c(-c3cccc(O)c3)n2)C1. The zero-order valence-corrected chi connectivity index (χ0v) is 11.3. The number of phenols is 1. The number of nitrogens with two attached hydrogens (primary N) is 1. The Labute approximate surface area is 117 Å². The van der Waals surface area contributed by atoms with Gasteiger partial charge in [-0.1, -0.05) is 12.1 Å². The lowest BCUT2D eigenvalue weighted by atomic mass is 9.99. The van der Waals surface area contributed by atoms with E-state index in [0.29, 0.717) is 24.2 Å². The van der Waals surface area contributed by atoms with Crippen LogP contribution in [-0.2, 0) is 0 Å². The van der Waals surface area contributed by atoms with Gasteiger partial charge in [-0.15, -0.1) is 5.10 Å². The second-order valence-electron chi connectivity index (χ2n) is 5.22. The van der Waals surface area contributed by atoms with E-state index >= 15 is 0 Å². The van der Waals surface area contributed by atoms with Gasteiger partial charge in [-0.2, -0.15) is 4.98 Å². The molecule has 1 atom stereocenters. The first kappa shape index (κ1) is 12.9. The summed E-state index contributed by atoms with van der Waals surface area (Å²) in [6.45, 7) is 2.59. The minimum absolute atomic E-state index is 0.224. The molecule has 1 unspecified atom stereocenters. The van der Waals surface area contributed by atoms with Crippen LogP contribution in [0.2, 0.25) is 0 Å². The molecule has 4 N–H and O–H groups in total. The Kier molecular flexibility index (Phi) is 3.56. The summed E-state index contributed by atoms with van der Waals surface area (Å²) in [5.74, 6) is 2.13. The molecule has 6 nitrogen and oxygen atoms in total. The maximum atomic E-state index is 9.51. The molecule has 1 fully saturated rings. The number of H-pyrrole nitrogens is 1. The first-order chi connectivity index (χ1) is 9.76. The molecular weight excluding hydrogens is 254 g/mol. The summed E-state index contributed by atoms with van der Waals surface area (Å²) in [5.41, 5.74) is 6.58. The summed E-state index contributed by atoms with van der Waals surface area (Å²) >= 11 is 0. The molecule has 2 heterocycles. The molecule has 1 saturated heterocycles. The fourth-order valence-electron chi connectivity index (χ4n) is 2.62. The van der Waals surface area contributed by atoms with E-state index in [1.165, 1.54) is 6.42 Å². The molecule has 0 aliphatic carbocycles. The standard InChI is InChI=1S/C14H19N5O/c15-8-10-3-2-6-19(9-10)14-16-13(17-18-14)11-4-1-5-12(20)7-11/h1,4-5,7,10,20H,2-3,6,8-9,15H2,(H,16,17,18). The molecule has 0 saturated carbocycles. The van der Waals surface area contributed by atoms with Crippen LogP contribution < -0.4 is 10.6 Å². The summed E-state index contributed by atoms with van der Waals surface area (Å²) in [6.07, 6.45) is 2.30. The van der Waals surface area contributed by atoms with Crippen molar-refractivity contribution in [1.29, 1.82) is 0 Å². The van der Waals surface area contributed by atoms with Gasteiger partial charge in [0.2, 0.25) is 5.95 Å². The van der Waals surface area contributed by atoms with Crippen molar-refractivity contribution in [3.8, 4) is 17.1 Å². The summed E-state index contributed by atoms with van der Waals surface area (Å²) < 4.78 is 0. The molecule has 1 aromatic heterocycles. The summed E-state index contributed by atoms with van der Waals surface area (Å²) in [4.78, 5) is 6.69. The number of aromatic amines is 1. The Morgan fingerprint density at radius 1 is 1.45 bits per heavy atom. The Morgan fingerprint density at radius 2 is 2.35 bits per heavy atom. The third-order valence-electron chi connectivity index (χ3n) is 3.73. The zero-order chi connectivity index (χ0) is 13.9.